The average Bonchev–Trinajstić information content (AvgIpc) is 1.77. The Morgan fingerprint density at radius 2 is 0.659 bits per heavy atom. The van der Waals surface area contributed by atoms with Gasteiger partial charge in [0.05, 0.1) is 13.5 Å². The molecule has 22 nitrogen and oxygen atoms in total. The molecule has 0 saturated heterocycles. The van der Waals surface area contributed by atoms with E-state index in [0.717, 1.165) is 189 Å². The van der Waals surface area contributed by atoms with Gasteiger partial charge in [-0.2, -0.15) is 4.79 Å². The summed E-state index contributed by atoms with van der Waals surface area (Å²) in [6.45, 7) is 3.68. The van der Waals surface area contributed by atoms with Crippen molar-refractivity contribution in [1.82, 2.24) is 5.48 Å². The number of ether oxygens (including phenoxy) is 1. The number of nitrogens with zero attached hydrogens (tertiary/aromatic N) is 2. The van der Waals surface area contributed by atoms with Crippen LogP contribution in [-0.4, -0.2) is 79.5 Å². The summed E-state index contributed by atoms with van der Waals surface area (Å²) in [4.78, 5) is 78.4. The van der Waals surface area contributed by atoms with E-state index < -0.39 is 34.8 Å². The van der Waals surface area contributed by atoms with E-state index >= 15 is 0 Å². The van der Waals surface area contributed by atoms with Gasteiger partial charge < -0.3 is 63.9 Å². The summed E-state index contributed by atoms with van der Waals surface area (Å²) >= 11 is 8.30. The van der Waals surface area contributed by atoms with Crippen LogP contribution in [0, 0.1) is 7.43 Å². The number of ketones is 1. The molecule has 7 heterocycles. The Morgan fingerprint density at radius 1 is 0.370 bits per heavy atom. The molecule has 7 aromatic heterocycles. The van der Waals surface area contributed by atoms with Crippen LogP contribution in [0.4, 0.5) is 0 Å². The van der Waals surface area contributed by atoms with Crippen molar-refractivity contribution in [2.24, 2.45) is 0 Å². The van der Waals surface area contributed by atoms with Gasteiger partial charge in [-0.05, 0) is 279 Å². The number of aromatic carboxylic acids is 3. The standard InChI is InChI=1S/C17H20O3.C16H16N2O2.C16H19NO3.C15H15ClO2.C15H16O3.C15H14O3.C10H12.C5H3BrO3.CH3.Pd/c1-19-17(18)13-16-12-11-15(20-16)10-6-5-9-14-7-3-2-4-8-14;17-18-12-15(19)16-11-10-14(20-16)9-5-4-8-13-6-2-1-3-7-13;18-16(17-19)12-15-11-10-14(20-15)9-5-4-8-13-6-2-1-3-7-13;3*16-15(17)14-11-10-13(18-14)9-5-4-8-12-6-2-1-3-7-12;1-2-3-7-10-8-5-4-6-9-10;6-4-2-1-3(9-4)5(7)8;;/h2-4,7-8,11-12H,5-6,9-10,13H2,1H3;1-3,6-7,10-12H,4-5,8-9H2;1-3,6-7,10-11,19H,4-5,8-9,12H2,(H,17,18);1-3,6-7,10-11H,4-5,8-9H2;1-3,6-7,10-11H,4-5,8-9H2,(H,16,17);1-3,5-7,9-11H,4,8H2,(H,16,17);2,4-6,8-9H,1,3,7H2;1-2H,(H,7,8);1H3;/q;;;;;;;;-1;. The minimum atomic E-state index is -1.05. The van der Waals surface area contributed by atoms with Crippen LogP contribution in [-0.2, 0) is 125 Å². The number of carboxylic acids is 3. The molecule has 14 rings (SSSR count). The number of hydrogen-bond acceptors (Lipinski definition) is 16. The molecule has 0 fully saturated rings. The van der Waals surface area contributed by atoms with Crippen molar-refractivity contribution in [3.05, 3.63) is 447 Å². The molecule has 0 spiro atoms. The van der Waals surface area contributed by atoms with Crippen molar-refractivity contribution < 1.29 is 115 Å². The van der Waals surface area contributed by atoms with Crippen LogP contribution >= 0.6 is 27.5 Å². The van der Waals surface area contributed by atoms with Gasteiger partial charge >= 0.3 is 35.9 Å². The first-order chi connectivity index (χ1) is 64.7. The van der Waals surface area contributed by atoms with Crippen molar-refractivity contribution in [3.63, 3.8) is 0 Å². The Bertz CT molecular complexity index is 5520. The number of Topliss-reactive ketones (excluding diaryl/α,β-unsaturated/α-hetero) is 1. The first kappa shape index (κ1) is 112. The molecule has 0 atom stereocenters. The predicted molar refractivity (Wildman–Crippen MR) is 524 cm³/mol. The number of nitrogens with one attached hydrogen (secondary N) is 1. The number of esters is 1. The van der Waals surface area contributed by atoms with Gasteiger partial charge in [-0.3, -0.25) is 24.4 Å². The third-order valence-corrected chi connectivity index (χ3v) is 20.6. The summed E-state index contributed by atoms with van der Waals surface area (Å²) in [7, 11) is 1.38. The second-order valence-corrected chi connectivity index (χ2v) is 31.4. The molecule has 0 saturated carbocycles. The van der Waals surface area contributed by atoms with Crippen molar-refractivity contribution in [1.29, 1.82) is 0 Å². The zero-order chi connectivity index (χ0) is 95.1. The Morgan fingerprint density at radius 3 is 0.970 bits per heavy atom. The molecule has 7 aromatic carbocycles. The van der Waals surface area contributed by atoms with Crippen molar-refractivity contribution in [2.45, 2.75) is 167 Å². The molecule has 0 aliphatic carbocycles. The van der Waals surface area contributed by atoms with E-state index in [2.05, 4.69) is 170 Å². The Kier molecular flexibility index (Phi) is 56.1. The third kappa shape index (κ3) is 48.6. The Labute approximate surface area is 816 Å². The smallest absolute Gasteiger partial charge is 0.371 e. The van der Waals surface area contributed by atoms with E-state index in [9.17, 15) is 33.6 Å². The molecule has 0 bridgehead atoms. The summed E-state index contributed by atoms with van der Waals surface area (Å²) < 4.78 is 41.9. The monoisotopic (exact) mass is 2000 g/mol. The molecule has 0 aliphatic heterocycles. The fraction of sp³-hybridized carbons (Fsp3) is 0.245. The zero-order valence-corrected chi connectivity index (χ0v) is 80.0. The van der Waals surface area contributed by atoms with Crippen LogP contribution in [0.15, 0.2) is 352 Å². The molecule has 25 heteroatoms. The number of benzene rings is 7. The van der Waals surface area contributed by atoms with Gasteiger partial charge in [0.15, 0.2) is 16.2 Å². The van der Waals surface area contributed by atoms with E-state index in [-0.39, 0.29) is 75.5 Å². The number of carbonyl (C=O) groups excluding carboxylic acids is 4. The van der Waals surface area contributed by atoms with Crippen LogP contribution in [0.5, 0.6) is 0 Å². The average molecular weight is 2010 g/mol. The second-order valence-electron chi connectivity index (χ2n) is 30.3. The number of hydrogen-bond donors (Lipinski definition) is 5. The Hall–Kier alpha value is -13.6. The molecular weight excluding hydrogens is 1890 g/mol. The topological polar surface area (TPSA) is 350 Å². The number of methoxy groups -OCH3 is 1. The SMILES string of the molecule is C=CCCc1ccccc1.COC(=O)Cc1ccc(CCCCc2ccccc2)o1.O=C(Cc1ccc(CCCCc2ccccc2)o1)NO.O=C(Cl)c1ccc(CCCCc2ccccc2)o1.O=C(O)c1ccc(Br)o1.O=C(O)c1ccc(C=CCCc2ccccc2)o1.O=C(O)c1ccc(CCCCc2ccccc2)o1.[CH3-].[N-]=[N+]=CC(=O)c1ccc(CCCCc2ccccc2)o1.[Pd]. The molecule has 1 amide bonds. The number of carbonyl (C=O) groups is 7. The molecule has 5 N–H and O–H groups in total. The number of unbranched alkanes of at least 4 members (excludes halogenated alkanes) is 5. The van der Waals surface area contributed by atoms with Gasteiger partial charge in [0.1, 0.15) is 52.5 Å². The van der Waals surface area contributed by atoms with Gasteiger partial charge in [-0.1, -0.05) is 224 Å². The van der Waals surface area contributed by atoms with Crippen molar-refractivity contribution in [3.8, 4) is 0 Å². The van der Waals surface area contributed by atoms with Crippen LogP contribution < -0.4 is 5.48 Å². The minimum Gasteiger partial charge on any atom is -0.475 e. The Balaban J connectivity index is 0.000000275. The number of halogens is 2. The maximum atomic E-state index is 11.4. The molecule has 135 heavy (non-hydrogen) atoms. The van der Waals surface area contributed by atoms with Gasteiger partial charge in [0.25, 0.3) is 11.1 Å². The number of amides is 1. The fourth-order valence-corrected chi connectivity index (χ4v) is 13.5. The number of hydroxylamine groups is 1. The normalized spacial score (nSPS) is 10.1. The van der Waals surface area contributed by atoms with Gasteiger partial charge in [0, 0.05) is 52.5 Å². The van der Waals surface area contributed by atoms with Crippen LogP contribution in [0.1, 0.15) is 215 Å². The molecule has 0 aliphatic rings. The van der Waals surface area contributed by atoms with E-state index in [0.29, 0.717) is 22.0 Å². The van der Waals surface area contributed by atoms with Gasteiger partial charge in [0.2, 0.25) is 17.3 Å². The molecule has 14 aromatic rings. The third-order valence-electron chi connectivity index (χ3n) is 20.0. The predicted octanol–water partition coefficient (Wildman–Crippen LogP) is 26.2. The zero-order valence-electron chi connectivity index (χ0n) is 76.1. The molecule has 712 valence electrons. The number of allylic oxidation sites excluding steroid dienone is 2. The molecule has 0 unspecified atom stereocenters. The molecule has 0 radical (unpaired) electrons. The van der Waals surface area contributed by atoms with Crippen molar-refractivity contribution >= 4 is 80.6 Å². The van der Waals surface area contributed by atoms with E-state index in [4.69, 9.17) is 64.2 Å². The first-order valence-corrected chi connectivity index (χ1v) is 45.3. The summed E-state index contributed by atoms with van der Waals surface area (Å²) in [5, 5.41) is 33.6. The van der Waals surface area contributed by atoms with E-state index in [1.165, 1.54) is 70.3 Å². The largest absolute Gasteiger partial charge is 0.475 e. The molecular formula is C110H118BrClN3O19Pd-. The first-order valence-electron chi connectivity index (χ1n) is 44.2. The number of carboxylic acid groups (broad SMARTS) is 3. The maximum absolute atomic E-state index is 11.4. The fourth-order valence-electron chi connectivity index (χ4n) is 13.1. The van der Waals surface area contributed by atoms with E-state index in [1.807, 2.05) is 115 Å². The second kappa shape index (κ2) is 67.6. The summed E-state index contributed by atoms with van der Waals surface area (Å²) in [6, 6.07) is 96.2. The minimum absolute atomic E-state index is 0. The summed E-state index contributed by atoms with van der Waals surface area (Å²) in [5.74, 6) is 2.13. The summed E-state index contributed by atoms with van der Waals surface area (Å²) in [6.07, 6.45) is 31.1. The van der Waals surface area contributed by atoms with Crippen LogP contribution in [0.2, 0.25) is 0 Å². The maximum Gasteiger partial charge on any atom is 0.371 e. The van der Waals surface area contributed by atoms with Crippen molar-refractivity contribution in [2.75, 3.05) is 7.11 Å². The van der Waals surface area contributed by atoms with Gasteiger partial charge in [-0.15, -0.1) is 6.58 Å². The number of aryl methyl sites for hydroxylation is 12. The van der Waals surface area contributed by atoms with E-state index in [1.54, 1.807) is 48.0 Å². The van der Waals surface area contributed by atoms with Crippen LogP contribution in [0.3, 0.4) is 0 Å². The summed E-state index contributed by atoms with van der Waals surface area (Å²) in [5.41, 5.74) is 19.3. The van der Waals surface area contributed by atoms with Crippen LogP contribution in [0.25, 0.3) is 11.6 Å². The number of rotatable bonds is 42. The van der Waals surface area contributed by atoms with Gasteiger partial charge in [-0.25, -0.2) is 19.9 Å². The number of furan rings is 7. The quantitative estimate of drug-likeness (QED) is 0.00193.